The second-order valence-electron chi connectivity index (χ2n) is 5.58. The van der Waals surface area contributed by atoms with Crippen LogP contribution >= 0.6 is 11.8 Å². The highest BCUT2D eigenvalue weighted by molar-refractivity contribution is 7.98. The summed E-state index contributed by atoms with van der Waals surface area (Å²) in [6, 6.07) is -0.281. The third-order valence-corrected chi connectivity index (χ3v) is 4.86. The minimum absolute atomic E-state index is 0.281. The number of urea groups is 1. The molecule has 20 heavy (non-hydrogen) atoms. The molecule has 1 aliphatic rings. The van der Waals surface area contributed by atoms with Crippen molar-refractivity contribution in [2.24, 2.45) is 5.92 Å². The maximum atomic E-state index is 12.1. The van der Waals surface area contributed by atoms with Crippen LogP contribution in [0.2, 0.25) is 0 Å². The van der Waals surface area contributed by atoms with Crippen LogP contribution in [0, 0.1) is 5.92 Å². The van der Waals surface area contributed by atoms with E-state index in [9.17, 15) is 14.7 Å². The summed E-state index contributed by atoms with van der Waals surface area (Å²) in [6.07, 6.45) is 5.87. The minimum Gasteiger partial charge on any atom is -0.480 e. The number of carboxylic acids is 1. The molecule has 1 aliphatic carbocycles. The van der Waals surface area contributed by atoms with E-state index in [1.165, 1.54) is 0 Å². The van der Waals surface area contributed by atoms with Crippen molar-refractivity contribution in [3.05, 3.63) is 0 Å². The molecule has 0 atom stereocenters. The van der Waals surface area contributed by atoms with Crippen LogP contribution in [0.15, 0.2) is 0 Å². The summed E-state index contributed by atoms with van der Waals surface area (Å²) in [7, 11) is 1.71. The summed E-state index contributed by atoms with van der Waals surface area (Å²) < 4.78 is 0. The Morgan fingerprint density at radius 3 is 2.45 bits per heavy atom. The lowest BCUT2D eigenvalue weighted by molar-refractivity contribution is -0.146. The summed E-state index contributed by atoms with van der Waals surface area (Å²) in [5, 5.41) is 12.3. The van der Waals surface area contributed by atoms with Crippen molar-refractivity contribution in [1.82, 2.24) is 10.2 Å². The molecule has 0 aliphatic heterocycles. The summed E-state index contributed by atoms with van der Waals surface area (Å²) >= 11 is 1.66. The predicted molar refractivity (Wildman–Crippen MR) is 82.2 cm³/mol. The lowest BCUT2D eigenvalue weighted by atomic mass is 9.75. The summed E-state index contributed by atoms with van der Waals surface area (Å²) in [4.78, 5) is 25.3. The molecule has 0 aromatic rings. The van der Waals surface area contributed by atoms with Gasteiger partial charge in [0.1, 0.15) is 5.54 Å². The van der Waals surface area contributed by atoms with Crippen LogP contribution < -0.4 is 5.32 Å². The molecule has 0 radical (unpaired) electrons. The fourth-order valence-electron chi connectivity index (χ4n) is 2.60. The van der Waals surface area contributed by atoms with E-state index in [-0.39, 0.29) is 6.03 Å². The van der Waals surface area contributed by atoms with Gasteiger partial charge in [-0.25, -0.2) is 9.59 Å². The number of aliphatic carboxylic acids is 1. The number of nitrogens with one attached hydrogen (secondary N) is 1. The monoisotopic (exact) mass is 302 g/mol. The number of nitrogens with zero attached hydrogens (tertiary/aromatic N) is 1. The molecule has 0 bridgehead atoms. The average molecular weight is 302 g/mol. The Kier molecular flexibility index (Phi) is 6.65. The van der Waals surface area contributed by atoms with Crippen molar-refractivity contribution in [3.8, 4) is 0 Å². The third-order valence-electron chi connectivity index (χ3n) is 4.27. The number of rotatable bonds is 6. The van der Waals surface area contributed by atoms with Gasteiger partial charge in [0.05, 0.1) is 0 Å². The van der Waals surface area contributed by atoms with E-state index in [4.69, 9.17) is 0 Å². The van der Waals surface area contributed by atoms with E-state index in [2.05, 4.69) is 12.2 Å². The molecular weight excluding hydrogens is 276 g/mol. The largest absolute Gasteiger partial charge is 0.480 e. The number of carbonyl (C=O) groups is 2. The zero-order valence-corrected chi connectivity index (χ0v) is 13.5. The van der Waals surface area contributed by atoms with Crippen LogP contribution in [0.1, 0.15) is 39.0 Å². The smallest absolute Gasteiger partial charge is 0.329 e. The van der Waals surface area contributed by atoms with Crippen LogP contribution in [-0.2, 0) is 4.79 Å². The number of amides is 2. The number of carbonyl (C=O) groups excluding carboxylic acids is 1. The van der Waals surface area contributed by atoms with Crippen LogP contribution in [0.3, 0.4) is 0 Å². The van der Waals surface area contributed by atoms with Crippen LogP contribution in [0.25, 0.3) is 0 Å². The first-order valence-electron chi connectivity index (χ1n) is 7.20. The van der Waals surface area contributed by atoms with Crippen LogP contribution in [-0.4, -0.2) is 53.1 Å². The molecule has 2 N–H and O–H groups in total. The molecule has 2 amide bonds. The van der Waals surface area contributed by atoms with Gasteiger partial charge in [0.15, 0.2) is 0 Å². The Hall–Kier alpha value is -0.910. The highest BCUT2D eigenvalue weighted by Gasteiger charge is 2.43. The maximum absolute atomic E-state index is 12.1. The molecule has 0 saturated heterocycles. The van der Waals surface area contributed by atoms with E-state index in [0.29, 0.717) is 25.3 Å². The Labute approximate surface area is 125 Å². The number of hydrogen-bond donors (Lipinski definition) is 2. The van der Waals surface area contributed by atoms with E-state index in [0.717, 1.165) is 25.0 Å². The third kappa shape index (κ3) is 4.30. The van der Waals surface area contributed by atoms with E-state index < -0.39 is 11.5 Å². The van der Waals surface area contributed by atoms with Crippen molar-refractivity contribution >= 4 is 23.8 Å². The van der Waals surface area contributed by atoms with Crippen molar-refractivity contribution in [2.45, 2.75) is 44.6 Å². The number of hydrogen-bond acceptors (Lipinski definition) is 3. The standard InChI is InChI=1S/C14H26N2O3S/c1-4-11-5-7-14(8-6-11,12(17)18)15-13(19)16(2)9-10-20-3/h11H,4-10H2,1-3H3,(H,15,19)(H,17,18). The Balaban J connectivity index is 2.64. The zero-order valence-electron chi connectivity index (χ0n) is 12.6. The van der Waals surface area contributed by atoms with Gasteiger partial charge < -0.3 is 15.3 Å². The molecule has 1 saturated carbocycles. The van der Waals surface area contributed by atoms with Crippen LogP contribution in [0.5, 0.6) is 0 Å². The minimum atomic E-state index is -1.07. The van der Waals surface area contributed by atoms with Gasteiger partial charge in [-0.3, -0.25) is 0 Å². The summed E-state index contributed by atoms with van der Waals surface area (Å²) in [6.45, 7) is 2.76. The van der Waals surface area contributed by atoms with Gasteiger partial charge in [-0.05, 0) is 37.9 Å². The van der Waals surface area contributed by atoms with Gasteiger partial charge in [0, 0.05) is 19.3 Å². The fourth-order valence-corrected chi connectivity index (χ4v) is 3.06. The highest BCUT2D eigenvalue weighted by atomic mass is 32.2. The molecular formula is C14H26N2O3S. The molecule has 6 heteroatoms. The van der Waals surface area contributed by atoms with E-state index in [1.54, 1.807) is 23.7 Å². The first kappa shape index (κ1) is 17.1. The SMILES string of the molecule is CCC1CCC(NC(=O)N(C)CCSC)(C(=O)O)CC1. The normalized spacial score (nSPS) is 26.1. The molecule has 0 spiro atoms. The average Bonchev–Trinajstić information content (AvgIpc) is 2.45. The molecule has 116 valence electrons. The quantitative estimate of drug-likeness (QED) is 0.790. The molecule has 1 rings (SSSR count). The van der Waals surface area contributed by atoms with Crippen molar-refractivity contribution < 1.29 is 14.7 Å². The van der Waals surface area contributed by atoms with Crippen LogP contribution in [0.4, 0.5) is 4.79 Å². The van der Waals surface area contributed by atoms with Gasteiger partial charge in [0.2, 0.25) is 0 Å². The van der Waals surface area contributed by atoms with Gasteiger partial charge in [-0.1, -0.05) is 13.3 Å². The second kappa shape index (κ2) is 7.76. The first-order chi connectivity index (χ1) is 9.45. The molecule has 1 fully saturated rings. The first-order valence-corrected chi connectivity index (χ1v) is 8.60. The van der Waals surface area contributed by atoms with E-state index in [1.807, 2.05) is 6.26 Å². The zero-order chi connectivity index (χ0) is 15.2. The molecule has 0 aromatic heterocycles. The number of carboxylic acid groups (broad SMARTS) is 1. The Morgan fingerprint density at radius 2 is 2.00 bits per heavy atom. The summed E-state index contributed by atoms with van der Waals surface area (Å²) in [5.41, 5.74) is -1.07. The number of thioether (sulfide) groups is 1. The molecule has 5 nitrogen and oxygen atoms in total. The Bertz CT molecular complexity index is 341. The molecule has 0 unspecified atom stereocenters. The Morgan fingerprint density at radius 1 is 1.40 bits per heavy atom. The van der Waals surface area contributed by atoms with Gasteiger partial charge in [0.25, 0.3) is 0 Å². The van der Waals surface area contributed by atoms with Gasteiger partial charge in [-0.15, -0.1) is 0 Å². The fraction of sp³-hybridized carbons (Fsp3) is 0.857. The predicted octanol–water partition coefficient (Wildman–Crippen LogP) is 2.41. The maximum Gasteiger partial charge on any atom is 0.329 e. The van der Waals surface area contributed by atoms with Crippen molar-refractivity contribution in [3.63, 3.8) is 0 Å². The van der Waals surface area contributed by atoms with Crippen molar-refractivity contribution in [1.29, 1.82) is 0 Å². The summed E-state index contributed by atoms with van der Waals surface area (Å²) in [5.74, 6) is 0.536. The second-order valence-corrected chi connectivity index (χ2v) is 6.57. The highest BCUT2D eigenvalue weighted by Crippen LogP contribution is 2.34. The van der Waals surface area contributed by atoms with E-state index >= 15 is 0 Å². The molecule has 0 aromatic carbocycles. The molecule has 0 heterocycles. The topological polar surface area (TPSA) is 69.6 Å². The lowest BCUT2D eigenvalue weighted by Crippen LogP contribution is -2.59. The van der Waals surface area contributed by atoms with Gasteiger partial charge >= 0.3 is 12.0 Å². The lowest BCUT2D eigenvalue weighted by Gasteiger charge is -2.38. The van der Waals surface area contributed by atoms with Gasteiger partial charge in [-0.2, -0.15) is 11.8 Å². The van der Waals surface area contributed by atoms with Crippen molar-refractivity contribution in [2.75, 3.05) is 25.6 Å².